The highest BCUT2D eigenvalue weighted by Crippen LogP contribution is 2.53. The zero-order valence-electron chi connectivity index (χ0n) is 26.1. The average molecular weight is 619 g/mol. The molecule has 0 saturated carbocycles. The minimum absolute atomic E-state index is 0.00213. The van der Waals surface area contributed by atoms with Crippen molar-refractivity contribution < 1.29 is 34.8 Å². The molecule has 0 bridgehead atoms. The molecule has 240 valence electrons. The number of hydrogen-bond donors (Lipinski definition) is 6. The van der Waals surface area contributed by atoms with Crippen LogP contribution >= 0.6 is 0 Å². The number of amides is 1. The Kier molecular flexibility index (Phi) is 8.92. The number of aliphatic hydroxyl groups excluding tert-OH is 2. The third-order valence-electron chi connectivity index (χ3n) is 9.38. The van der Waals surface area contributed by atoms with Gasteiger partial charge in [0.25, 0.3) is 5.91 Å². The van der Waals surface area contributed by atoms with Crippen LogP contribution in [-0.4, -0.2) is 101 Å². The first-order valence-corrected chi connectivity index (χ1v) is 15.2. The molecule has 0 heterocycles. The molecule has 2 aromatic carbocycles. The molecule has 7 N–H and O–H groups in total. The van der Waals surface area contributed by atoms with Crippen LogP contribution in [0.1, 0.15) is 40.7 Å². The van der Waals surface area contributed by atoms with E-state index in [1.165, 1.54) is 11.0 Å². The number of aromatic hydroxyl groups is 1. The number of carbonyl (C=O) groups excluding carboxylic acids is 3. The first kappa shape index (κ1) is 32.4. The number of nitrogens with one attached hydrogen (secondary N) is 1. The Morgan fingerprint density at radius 2 is 1.80 bits per heavy atom. The molecule has 45 heavy (non-hydrogen) atoms. The van der Waals surface area contributed by atoms with Gasteiger partial charge in [0, 0.05) is 18.0 Å². The van der Waals surface area contributed by atoms with Gasteiger partial charge in [0.2, 0.25) is 5.78 Å². The lowest BCUT2D eigenvalue weighted by Crippen LogP contribution is -2.63. The van der Waals surface area contributed by atoms with Crippen LogP contribution in [0.15, 0.2) is 59.1 Å². The molecule has 0 spiro atoms. The molecule has 4 atom stereocenters. The number of hydrogen-bond acceptors (Lipinski definition) is 10. The Bertz CT molecular complexity index is 1610. The maximum atomic E-state index is 14.0. The molecule has 0 saturated heterocycles. The third kappa shape index (κ3) is 5.54. The number of rotatable bonds is 10. The lowest BCUT2D eigenvalue weighted by molar-refractivity contribution is -0.148. The topological polar surface area (TPSA) is 177 Å². The molecular formula is C34H42N4O7. The fourth-order valence-corrected chi connectivity index (χ4v) is 7.28. The highest BCUT2D eigenvalue weighted by Gasteiger charge is 2.63. The zero-order chi connectivity index (χ0) is 32.8. The molecule has 11 heteroatoms. The number of unbranched alkanes of at least 4 members (excludes halogenated alkanes) is 1. The summed E-state index contributed by atoms with van der Waals surface area (Å²) in [5.74, 6) is -6.65. The van der Waals surface area contributed by atoms with Gasteiger partial charge in [-0.2, -0.15) is 0 Å². The minimum Gasteiger partial charge on any atom is -0.510 e. The summed E-state index contributed by atoms with van der Waals surface area (Å²) in [7, 11) is 7.33. The van der Waals surface area contributed by atoms with Gasteiger partial charge in [-0.1, -0.05) is 24.3 Å². The van der Waals surface area contributed by atoms with Crippen LogP contribution in [0, 0.1) is 11.8 Å². The predicted molar refractivity (Wildman–Crippen MR) is 169 cm³/mol. The first-order valence-electron chi connectivity index (χ1n) is 15.2. The van der Waals surface area contributed by atoms with E-state index in [2.05, 4.69) is 24.3 Å². The van der Waals surface area contributed by atoms with E-state index in [0.717, 1.165) is 42.6 Å². The van der Waals surface area contributed by atoms with Crippen molar-refractivity contribution in [3.05, 3.63) is 75.8 Å². The second kappa shape index (κ2) is 12.4. The Morgan fingerprint density at radius 1 is 1.07 bits per heavy atom. The summed E-state index contributed by atoms with van der Waals surface area (Å²) >= 11 is 0. The van der Waals surface area contributed by atoms with E-state index >= 15 is 0 Å². The van der Waals surface area contributed by atoms with Crippen LogP contribution in [0.4, 0.5) is 0 Å². The van der Waals surface area contributed by atoms with E-state index < -0.39 is 58.0 Å². The van der Waals surface area contributed by atoms with Crippen LogP contribution in [0.25, 0.3) is 11.1 Å². The summed E-state index contributed by atoms with van der Waals surface area (Å²) in [6.45, 7) is 2.59. The molecule has 3 aliphatic rings. The number of primary amides is 1. The standard InChI is InChI=1S/C34H42N4O7/c1-37(2)13-6-5-12-36-17-18-8-7-9-19(14-18)21-10-11-24(39)26-22(21)15-20-16-23-28(38(3)4)30(41)27(33(35)44)32(43)34(23,45)31(42)25(20)29(26)40/h7-11,14,20,23,28,36,39,41-42,45H,5-6,12-13,15-17H2,1-4H3,(H2,35,44)/t20-,23-,28-,34-/m0/s1. The van der Waals surface area contributed by atoms with Crippen LogP contribution in [0.3, 0.4) is 0 Å². The molecule has 3 aliphatic carbocycles. The number of Topliss-reactive ketones (excluding diaryl/α,β-unsaturated/α-hetero) is 2. The summed E-state index contributed by atoms with van der Waals surface area (Å²) in [4.78, 5) is 43.4. The molecule has 5 rings (SSSR count). The zero-order valence-corrected chi connectivity index (χ0v) is 26.1. The van der Waals surface area contributed by atoms with Crippen LogP contribution in [-0.2, 0) is 22.6 Å². The minimum atomic E-state index is -2.66. The van der Waals surface area contributed by atoms with Gasteiger partial charge in [-0.3, -0.25) is 19.3 Å². The van der Waals surface area contributed by atoms with E-state index in [1.807, 2.05) is 24.3 Å². The summed E-state index contributed by atoms with van der Waals surface area (Å²) in [6, 6.07) is 10.1. The van der Waals surface area contributed by atoms with Gasteiger partial charge in [0.05, 0.1) is 11.6 Å². The van der Waals surface area contributed by atoms with Crippen LogP contribution < -0.4 is 11.1 Å². The Labute approximate surface area is 262 Å². The van der Waals surface area contributed by atoms with Crippen molar-refractivity contribution >= 4 is 17.5 Å². The van der Waals surface area contributed by atoms with Crippen molar-refractivity contribution in [1.29, 1.82) is 0 Å². The van der Waals surface area contributed by atoms with Crippen molar-refractivity contribution in [3.63, 3.8) is 0 Å². The molecule has 0 radical (unpaired) electrons. The first-order chi connectivity index (χ1) is 21.3. The highest BCUT2D eigenvalue weighted by atomic mass is 16.3. The molecule has 2 aromatic rings. The summed E-state index contributed by atoms with van der Waals surface area (Å²) < 4.78 is 0. The van der Waals surface area contributed by atoms with E-state index in [4.69, 9.17) is 5.73 Å². The number of likely N-dealkylation sites (N-methyl/N-ethyl adjacent to an activating group) is 1. The number of nitrogens with two attached hydrogens (primary N) is 1. The molecule has 0 unspecified atom stereocenters. The maximum absolute atomic E-state index is 14.0. The Hall–Kier alpha value is -4.03. The maximum Gasteiger partial charge on any atom is 0.255 e. The van der Waals surface area contributed by atoms with Crippen LogP contribution in [0.2, 0.25) is 0 Å². The van der Waals surface area contributed by atoms with Gasteiger partial charge in [0.15, 0.2) is 11.4 Å². The number of phenols is 1. The fourth-order valence-electron chi connectivity index (χ4n) is 7.28. The number of benzene rings is 2. The normalized spacial score (nSPS) is 24.6. The monoisotopic (exact) mass is 618 g/mol. The number of phenolic OH excluding ortho intramolecular Hbond substituents is 1. The predicted octanol–water partition coefficient (Wildman–Crippen LogP) is 2.22. The van der Waals surface area contributed by atoms with Crippen molar-refractivity contribution in [2.75, 3.05) is 41.3 Å². The van der Waals surface area contributed by atoms with E-state index in [9.17, 15) is 34.8 Å². The number of aliphatic hydroxyl groups is 3. The highest BCUT2D eigenvalue weighted by molar-refractivity contribution is 6.24. The van der Waals surface area contributed by atoms with Gasteiger partial charge in [-0.25, -0.2) is 0 Å². The van der Waals surface area contributed by atoms with Gasteiger partial charge in [0.1, 0.15) is 22.8 Å². The second-order valence-electron chi connectivity index (χ2n) is 12.8. The van der Waals surface area contributed by atoms with Crippen molar-refractivity contribution in [3.8, 4) is 16.9 Å². The summed E-state index contributed by atoms with van der Waals surface area (Å²) in [5, 5.41) is 48.6. The van der Waals surface area contributed by atoms with Crippen molar-refractivity contribution in [2.24, 2.45) is 17.6 Å². The Balaban J connectivity index is 1.51. The fraction of sp³-hybridized carbons (Fsp3) is 0.441. The number of fused-ring (bicyclic) bond motifs is 3. The molecule has 1 amide bonds. The number of allylic oxidation sites excluding steroid dienone is 1. The lowest BCUT2D eigenvalue weighted by atomic mass is 9.58. The van der Waals surface area contributed by atoms with Crippen molar-refractivity contribution in [1.82, 2.24) is 15.1 Å². The van der Waals surface area contributed by atoms with Crippen molar-refractivity contribution in [2.45, 2.75) is 43.9 Å². The largest absolute Gasteiger partial charge is 0.510 e. The average Bonchev–Trinajstić information content (AvgIpc) is 2.96. The Morgan fingerprint density at radius 3 is 2.47 bits per heavy atom. The van der Waals surface area contributed by atoms with Gasteiger partial charge < -0.3 is 36.4 Å². The summed E-state index contributed by atoms with van der Waals surface area (Å²) in [6.07, 6.45) is 2.43. The number of ketones is 2. The van der Waals surface area contributed by atoms with E-state index in [0.29, 0.717) is 12.1 Å². The third-order valence-corrected chi connectivity index (χ3v) is 9.38. The quantitative estimate of drug-likeness (QED) is 0.171. The lowest BCUT2D eigenvalue weighted by Gasteiger charge is -2.50. The molecular weight excluding hydrogens is 576 g/mol. The molecule has 11 nitrogen and oxygen atoms in total. The number of carbonyl (C=O) groups is 3. The van der Waals surface area contributed by atoms with Gasteiger partial charge in [-0.15, -0.1) is 0 Å². The molecule has 0 aliphatic heterocycles. The number of nitrogens with zero attached hydrogens (tertiary/aromatic N) is 2. The van der Waals surface area contributed by atoms with Crippen LogP contribution in [0.5, 0.6) is 5.75 Å². The molecule has 0 aromatic heterocycles. The second-order valence-corrected chi connectivity index (χ2v) is 12.8. The van der Waals surface area contributed by atoms with E-state index in [-0.39, 0.29) is 29.7 Å². The SMILES string of the molecule is CN(C)CCCCNCc1cccc(-c2ccc(O)c3c2C[C@H]2C[C@H]4[C@H](N(C)C)C(O)=C(C(N)=O)C(=O)[C@@]4(O)C(O)=C2C3=O)c1. The van der Waals surface area contributed by atoms with Gasteiger partial charge in [-0.05, 0) is 107 Å². The smallest absolute Gasteiger partial charge is 0.255 e. The van der Waals surface area contributed by atoms with E-state index in [1.54, 1.807) is 20.2 Å². The van der Waals surface area contributed by atoms with Gasteiger partial charge >= 0.3 is 0 Å². The summed E-state index contributed by atoms with van der Waals surface area (Å²) in [5.41, 5.74) is 5.03. The molecule has 0 fully saturated rings.